The first-order chi connectivity index (χ1) is 5.13. The molecule has 0 unspecified atom stereocenters. The van der Waals surface area contributed by atoms with Gasteiger partial charge in [-0.15, -0.1) is 10.2 Å². The van der Waals surface area contributed by atoms with Crippen molar-refractivity contribution in [2.75, 3.05) is 5.73 Å². The van der Waals surface area contributed by atoms with Gasteiger partial charge in [0.2, 0.25) is 0 Å². The normalized spacial score (nSPS) is 7.64. The number of nitrogen functional groups attached to an aromatic ring is 1. The Kier molecular flexibility index (Phi) is 4.06. The Morgan fingerprint density at radius 2 is 2.18 bits per heavy atom. The van der Waals surface area contributed by atoms with Gasteiger partial charge in [-0.25, -0.2) is 4.79 Å². The summed E-state index contributed by atoms with van der Waals surface area (Å²) in [5, 5.41) is 17.3. The average Bonchev–Trinajstić information content (AvgIpc) is 1.87. The fourth-order valence-electron chi connectivity index (χ4n) is 0.250. The van der Waals surface area contributed by atoms with Gasteiger partial charge in [0, 0.05) is 6.07 Å². The number of aromatic nitrogens is 3. The maximum absolute atomic E-state index is 8.78. The third-order valence-corrected chi connectivity index (χ3v) is 0.524. The van der Waals surface area contributed by atoms with Gasteiger partial charge in [-0.3, -0.25) is 0 Å². The van der Waals surface area contributed by atoms with E-state index in [1.54, 1.807) is 6.07 Å². The molecule has 0 radical (unpaired) electrons. The summed E-state index contributed by atoms with van der Waals surface area (Å²) in [6, 6.07) is 1.58. The maximum Gasteiger partial charge on any atom is 0.402 e. The largest absolute Gasteiger partial charge is 0.465 e. The monoisotopic (exact) mass is 157 g/mol. The first kappa shape index (κ1) is 9.08. The Bertz CT molecular complexity index is 209. The molecule has 7 nitrogen and oxygen atoms in total. The Balaban J connectivity index is 0.000000218. The van der Waals surface area contributed by atoms with Crippen molar-refractivity contribution in [2.45, 2.75) is 0 Å². The fraction of sp³-hybridized carbons (Fsp3) is 0. The molecule has 0 saturated carbocycles. The van der Waals surface area contributed by atoms with Crippen molar-refractivity contribution in [1.82, 2.24) is 15.4 Å². The molecule has 0 fully saturated rings. The van der Waals surface area contributed by atoms with Crippen LogP contribution in [-0.4, -0.2) is 26.6 Å². The molecule has 0 aromatic carbocycles. The van der Waals surface area contributed by atoms with Crippen LogP contribution in [0.2, 0.25) is 0 Å². The van der Waals surface area contributed by atoms with E-state index in [0.717, 1.165) is 0 Å². The minimum Gasteiger partial charge on any atom is -0.465 e. The van der Waals surface area contributed by atoms with Crippen molar-refractivity contribution in [3.63, 3.8) is 0 Å². The van der Waals surface area contributed by atoms with Gasteiger partial charge in [-0.2, -0.15) is 0 Å². The van der Waals surface area contributed by atoms with E-state index in [0.29, 0.717) is 5.82 Å². The van der Waals surface area contributed by atoms with Crippen molar-refractivity contribution in [3.8, 4) is 0 Å². The minimum absolute atomic E-state index is 0.398. The first-order valence-electron chi connectivity index (χ1n) is 2.51. The molecule has 1 rings (SSSR count). The van der Waals surface area contributed by atoms with Gasteiger partial charge in [-0.1, -0.05) is 0 Å². The SMILES string of the molecule is NC(=O)O.Nc1ccnnn1. The lowest BCUT2D eigenvalue weighted by molar-refractivity contribution is 0.205. The Morgan fingerprint density at radius 1 is 1.64 bits per heavy atom. The van der Waals surface area contributed by atoms with Gasteiger partial charge in [0.05, 0.1) is 6.20 Å². The van der Waals surface area contributed by atoms with Crippen molar-refractivity contribution in [1.29, 1.82) is 0 Å². The molecule has 0 saturated heterocycles. The van der Waals surface area contributed by atoms with Gasteiger partial charge >= 0.3 is 6.09 Å². The van der Waals surface area contributed by atoms with E-state index in [4.69, 9.17) is 15.6 Å². The molecule has 0 bridgehead atoms. The van der Waals surface area contributed by atoms with E-state index in [1.807, 2.05) is 0 Å². The molecule has 1 aromatic heterocycles. The highest BCUT2D eigenvalue weighted by molar-refractivity contribution is 5.61. The molecule has 5 N–H and O–H groups in total. The number of nitrogens with zero attached hydrogens (tertiary/aromatic N) is 3. The van der Waals surface area contributed by atoms with Crippen LogP contribution in [0.5, 0.6) is 0 Å². The zero-order chi connectivity index (χ0) is 8.69. The van der Waals surface area contributed by atoms with Gasteiger partial charge in [-0.05, 0) is 5.21 Å². The van der Waals surface area contributed by atoms with Crippen molar-refractivity contribution in [3.05, 3.63) is 12.3 Å². The Morgan fingerprint density at radius 3 is 2.36 bits per heavy atom. The molecular formula is C4H7N5O2. The van der Waals surface area contributed by atoms with Crippen LogP contribution < -0.4 is 11.5 Å². The summed E-state index contributed by atoms with van der Waals surface area (Å²) in [5.74, 6) is 0.398. The fourth-order valence-corrected chi connectivity index (χ4v) is 0.250. The molecule has 0 aliphatic carbocycles. The molecule has 60 valence electrons. The van der Waals surface area contributed by atoms with Gasteiger partial charge in [0.15, 0.2) is 0 Å². The summed E-state index contributed by atoms with van der Waals surface area (Å²) in [5.41, 5.74) is 9.17. The lowest BCUT2D eigenvalue weighted by Gasteiger charge is -1.80. The summed E-state index contributed by atoms with van der Waals surface area (Å²) in [6.07, 6.45) is 0.155. The van der Waals surface area contributed by atoms with E-state index >= 15 is 0 Å². The molecule has 1 heterocycles. The quantitative estimate of drug-likeness (QED) is 0.446. The van der Waals surface area contributed by atoms with Crippen LogP contribution in [0.4, 0.5) is 10.6 Å². The summed E-state index contributed by atoms with van der Waals surface area (Å²) >= 11 is 0. The number of hydrogen-bond donors (Lipinski definition) is 3. The number of nitrogens with two attached hydrogens (primary N) is 2. The number of carbonyl (C=O) groups is 1. The predicted octanol–water partition coefficient (Wildman–Crippen LogP) is -0.923. The lowest BCUT2D eigenvalue weighted by Crippen LogP contribution is -2.03. The van der Waals surface area contributed by atoms with Gasteiger partial charge < -0.3 is 16.6 Å². The highest BCUT2D eigenvalue weighted by Gasteiger charge is 1.76. The molecular weight excluding hydrogens is 150 g/mol. The molecule has 0 aliphatic heterocycles. The summed E-state index contributed by atoms with van der Waals surface area (Å²) < 4.78 is 0. The molecule has 0 spiro atoms. The van der Waals surface area contributed by atoms with Crippen LogP contribution >= 0.6 is 0 Å². The number of hydrogen-bond acceptors (Lipinski definition) is 5. The van der Waals surface area contributed by atoms with E-state index in [-0.39, 0.29) is 0 Å². The van der Waals surface area contributed by atoms with Crippen LogP contribution in [0, 0.1) is 0 Å². The second-order valence-corrected chi connectivity index (χ2v) is 1.38. The summed E-state index contributed by atoms with van der Waals surface area (Å²) in [4.78, 5) is 8.78. The van der Waals surface area contributed by atoms with E-state index in [1.165, 1.54) is 6.20 Å². The van der Waals surface area contributed by atoms with E-state index < -0.39 is 6.09 Å². The molecule has 0 atom stereocenters. The number of carboxylic acid groups (broad SMARTS) is 1. The topological polar surface area (TPSA) is 128 Å². The van der Waals surface area contributed by atoms with Crippen molar-refractivity contribution in [2.24, 2.45) is 5.73 Å². The summed E-state index contributed by atoms with van der Waals surface area (Å²) in [6.45, 7) is 0. The van der Waals surface area contributed by atoms with Crippen LogP contribution in [0.3, 0.4) is 0 Å². The minimum atomic E-state index is -1.33. The zero-order valence-corrected chi connectivity index (χ0v) is 5.51. The number of primary amides is 1. The summed E-state index contributed by atoms with van der Waals surface area (Å²) in [7, 11) is 0. The van der Waals surface area contributed by atoms with Crippen molar-refractivity contribution < 1.29 is 9.90 Å². The zero-order valence-electron chi connectivity index (χ0n) is 5.51. The number of rotatable bonds is 0. The highest BCUT2D eigenvalue weighted by Crippen LogP contribution is 1.83. The molecule has 7 heteroatoms. The number of amides is 1. The average molecular weight is 157 g/mol. The number of anilines is 1. The van der Waals surface area contributed by atoms with Crippen LogP contribution in [0.25, 0.3) is 0 Å². The second-order valence-electron chi connectivity index (χ2n) is 1.38. The standard InChI is InChI=1S/C3H4N4.CH3NO2/c4-3-1-2-5-7-6-3;2-1(3)4/h1-2H,(H2,4,5,6);2H2,(H,3,4). The van der Waals surface area contributed by atoms with Gasteiger partial charge in [0.1, 0.15) is 5.82 Å². The maximum atomic E-state index is 8.78. The van der Waals surface area contributed by atoms with Crippen LogP contribution in [-0.2, 0) is 0 Å². The van der Waals surface area contributed by atoms with E-state index in [9.17, 15) is 0 Å². The van der Waals surface area contributed by atoms with Gasteiger partial charge in [0.25, 0.3) is 0 Å². The molecule has 11 heavy (non-hydrogen) atoms. The van der Waals surface area contributed by atoms with Crippen LogP contribution in [0.1, 0.15) is 0 Å². The van der Waals surface area contributed by atoms with Crippen molar-refractivity contribution >= 4 is 11.9 Å². The Labute approximate surface area is 62.0 Å². The third kappa shape index (κ3) is 8.08. The third-order valence-electron chi connectivity index (χ3n) is 0.524. The molecule has 1 aromatic rings. The lowest BCUT2D eigenvalue weighted by atomic mass is 10.6. The highest BCUT2D eigenvalue weighted by atomic mass is 16.4. The first-order valence-corrected chi connectivity index (χ1v) is 2.51. The molecule has 1 amide bonds. The second kappa shape index (κ2) is 4.91. The van der Waals surface area contributed by atoms with Crippen LogP contribution in [0.15, 0.2) is 12.3 Å². The Hall–Kier alpha value is -1.92. The van der Waals surface area contributed by atoms with E-state index in [2.05, 4.69) is 21.1 Å². The molecule has 0 aliphatic rings. The smallest absolute Gasteiger partial charge is 0.402 e. The predicted molar refractivity (Wildman–Crippen MR) is 36.5 cm³/mol.